The van der Waals surface area contributed by atoms with Gasteiger partial charge < -0.3 is 0 Å². The Bertz CT molecular complexity index is 593. The molecule has 0 spiro atoms. The lowest BCUT2D eigenvalue weighted by atomic mass is 10.0. The van der Waals surface area contributed by atoms with Gasteiger partial charge in [-0.15, -0.1) is 0 Å². The molecule has 0 amide bonds. The van der Waals surface area contributed by atoms with E-state index in [-0.39, 0.29) is 0 Å². The SMILES string of the molecule is C/C=C\c1c(C)cccc1C.C=C(C)c1ccc(C)cc1.CC. The van der Waals surface area contributed by atoms with Crippen molar-refractivity contribution in [2.75, 3.05) is 0 Å². The molecule has 2 rings (SSSR count). The summed E-state index contributed by atoms with van der Waals surface area (Å²) in [5.74, 6) is 0. The fourth-order valence-corrected chi connectivity index (χ4v) is 2.09. The first-order valence-electron chi connectivity index (χ1n) is 8.37. The smallest absolute Gasteiger partial charge is 0.0201 e. The summed E-state index contributed by atoms with van der Waals surface area (Å²) in [7, 11) is 0. The second-order valence-corrected chi connectivity index (χ2v) is 5.45. The van der Waals surface area contributed by atoms with Gasteiger partial charge in [-0.3, -0.25) is 0 Å². The highest BCUT2D eigenvalue weighted by Gasteiger charge is 1.95. The Hall–Kier alpha value is -2.08. The van der Waals surface area contributed by atoms with Crippen molar-refractivity contribution in [1.82, 2.24) is 0 Å². The Labute approximate surface area is 143 Å². The van der Waals surface area contributed by atoms with Crippen LogP contribution in [0.1, 0.15) is 55.5 Å². The minimum absolute atomic E-state index is 1.13. The van der Waals surface area contributed by atoms with Crippen molar-refractivity contribution >= 4 is 11.6 Å². The molecule has 0 aromatic heterocycles. The molecular weight excluding hydrogens is 276 g/mol. The van der Waals surface area contributed by atoms with E-state index < -0.39 is 0 Å². The van der Waals surface area contributed by atoms with Crippen LogP contribution >= 0.6 is 0 Å². The highest BCUT2D eigenvalue weighted by atomic mass is 14.0. The topological polar surface area (TPSA) is 0 Å². The van der Waals surface area contributed by atoms with Crippen molar-refractivity contribution in [3.63, 3.8) is 0 Å². The molecule has 2 aromatic carbocycles. The Morgan fingerprint density at radius 1 is 0.870 bits per heavy atom. The van der Waals surface area contributed by atoms with Crippen LogP contribution in [0, 0.1) is 20.8 Å². The van der Waals surface area contributed by atoms with Gasteiger partial charge in [0, 0.05) is 0 Å². The van der Waals surface area contributed by atoms with Crippen LogP contribution in [0.3, 0.4) is 0 Å². The molecule has 0 aliphatic heterocycles. The maximum absolute atomic E-state index is 3.86. The average Bonchev–Trinajstić information content (AvgIpc) is 2.54. The molecule has 0 nitrogen and oxygen atoms in total. The number of rotatable bonds is 2. The predicted octanol–water partition coefficient (Wildman–Crippen LogP) is 7.39. The third kappa shape index (κ3) is 7.65. The van der Waals surface area contributed by atoms with E-state index in [0.29, 0.717) is 0 Å². The van der Waals surface area contributed by atoms with E-state index >= 15 is 0 Å². The lowest BCUT2D eigenvalue weighted by Gasteiger charge is -2.02. The van der Waals surface area contributed by atoms with Crippen LogP contribution in [-0.4, -0.2) is 0 Å². The molecular formula is C23H32. The summed E-state index contributed by atoms with van der Waals surface area (Å²) < 4.78 is 0. The van der Waals surface area contributed by atoms with Crippen molar-refractivity contribution in [1.29, 1.82) is 0 Å². The van der Waals surface area contributed by atoms with Crippen LogP contribution in [0.5, 0.6) is 0 Å². The molecule has 23 heavy (non-hydrogen) atoms. The lowest BCUT2D eigenvalue weighted by molar-refractivity contribution is 1.35. The third-order valence-electron chi connectivity index (χ3n) is 3.42. The normalized spacial score (nSPS) is 9.52. The van der Waals surface area contributed by atoms with Crippen molar-refractivity contribution in [3.05, 3.63) is 82.9 Å². The average molecular weight is 309 g/mol. The van der Waals surface area contributed by atoms with Gasteiger partial charge in [-0.25, -0.2) is 0 Å². The quantitative estimate of drug-likeness (QED) is 0.542. The second kappa shape index (κ2) is 11.5. The molecule has 0 bridgehead atoms. The molecule has 0 aliphatic rings. The fourth-order valence-electron chi connectivity index (χ4n) is 2.09. The number of hydrogen-bond acceptors (Lipinski definition) is 0. The van der Waals surface area contributed by atoms with Crippen LogP contribution in [0.2, 0.25) is 0 Å². The molecule has 0 fully saturated rings. The molecule has 0 aliphatic carbocycles. The zero-order chi connectivity index (χ0) is 17.8. The van der Waals surface area contributed by atoms with E-state index in [2.05, 4.69) is 82.0 Å². The number of benzene rings is 2. The van der Waals surface area contributed by atoms with Crippen molar-refractivity contribution < 1.29 is 0 Å². The van der Waals surface area contributed by atoms with Gasteiger partial charge in [0.05, 0.1) is 0 Å². The number of allylic oxidation sites excluding steroid dienone is 2. The van der Waals surface area contributed by atoms with Gasteiger partial charge in [0.1, 0.15) is 0 Å². The predicted molar refractivity (Wildman–Crippen MR) is 108 cm³/mol. The molecule has 0 heteroatoms. The van der Waals surface area contributed by atoms with Gasteiger partial charge in [-0.05, 0) is 56.9 Å². The Balaban J connectivity index is 0.000000381. The molecule has 0 heterocycles. The van der Waals surface area contributed by atoms with Crippen LogP contribution in [0.25, 0.3) is 11.6 Å². The van der Waals surface area contributed by atoms with Gasteiger partial charge in [0.25, 0.3) is 0 Å². The number of aryl methyl sites for hydroxylation is 3. The first-order valence-corrected chi connectivity index (χ1v) is 8.37. The Morgan fingerprint density at radius 3 is 1.74 bits per heavy atom. The van der Waals surface area contributed by atoms with Gasteiger partial charge in [-0.2, -0.15) is 0 Å². The molecule has 0 atom stereocenters. The first kappa shape index (κ1) is 20.9. The second-order valence-electron chi connectivity index (χ2n) is 5.45. The summed E-state index contributed by atoms with van der Waals surface area (Å²) in [6.07, 6.45) is 4.24. The van der Waals surface area contributed by atoms with E-state index in [9.17, 15) is 0 Å². The first-order chi connectivity index (χ1) is 11.0. The summed E-state index contributed by atoms with van der Waals surface area (Å²) >= 11 is 0. The molecule has 0 unspecified atom stereocenters. The summed E-state index contributed by atoms with van der Waals surface area (Å²) in [6.45, 7) is 18.3. The molecule has 0 radical (unpaired) electrons. The Morgan fingerprint density at radius 2 is 1.35 bits per heavy atom. The Kier molecular flexibility index (Phi) is 10.4. The molecule has 0 saturated heterocycles. The third-order valence-corrected chi connectivity index (χ3v) is 3.42. The molecule has 0 N–H and O–H groups in total. The van der Waals surface area contributed by atoms with Crippen molar-refractivity contribution in [2.45, 2.75) is 48.5 Å². The van der Waals surface area contributed by atoms with E-state index in [0.717, 1.165) is 5.57 Å². The minimum atomic E-state index is 1.13. The lowest BCUT2D eigenvalue weighted by Crippen LogP contribution is -1.83. The standard InChI is InChI=1S/C11H14.C10H12.C2H6/c1-4-6-11-9(2)7-5-8-10(11)3;1-8(2)10-6-4-9(3)5-7-10;1-2/h4-8H,1-3H3;4-7H,1H2,2-3H3;1-2H3/b6-4-;;. The summed E-state index contributed by atoms with van der Waals surface area (Å²) in [5, 5.41) is 0. The summed E-state index contributed by atoms with van der Waals surface area (Å²) in [5.41, 5.74) is 7.71. The summed E-state index contributed by atoms with van der Waals surface area (Å²) in [4.78, 5) is 0. The van der Waals surface area contributed by atoms with E-state index in [4.69, 9.17) is 0 Å². The molecule has 0 saturated carbocycles. The fraction of sp³-hybridized carbons (Fsp3) is 0.304. The van der Waals surface area contributed by atoms with E-state index in [1.165, 1.54) is 27.8 Å². The number of hydrogen-bond donors (Lipinski definition) is 0. The van der Waals surface area contributed by atoms with Crippen molar-refractivity contribution in [3.8, 4) is 0 Å². The van der Waals surface area contributed by atoms with Crippen LogP contribution < -0.4 is 0 Å². The van der Waals surface area contributed by atoms with Gasteiger partial charge in [0.15, 0.2) is 0 Å². The van der Waals surface area contributed by atoms with Crippen LogP contribution in [-0.2, 0) is 0 Å². The largest absolute Gasteiger partial charge is 0.0955 e. The molecule has 2 aromatic rings. The maximum Gasteiger partial charge on any atom is -0.0201 e. The van der Waals surface area contributed by atoms with Gasteiger partial charge in [-0.1, -0.05) is 86.2 Å². The van der Waals surface area contributed by atoms with E-state index in [1.54, 1.807) is 0 Å². The van der Waals surface area contributed by atoms with Crippen LogP contribution in [0.4, 0.5) is 0 Å². The summed E-state index contributed by atoms with van der Waals surface area (Å²) in [6, 6.07) is 14.8. The van der Waals surface area contributed by atoms with Gasteiger partial charge in [0.2, 0.25) is 0 Å². The molecule has 124 valence electrons. The zero-order valence-corrected chi connectivity index (χ0v) is 15.9. The highest BCUT2D eigenvalue weighted by Crippen LogP contribution is 2.14. The zero-order valence-electron chi connectivity index (χ0n) is 15.9. The minimum Gasteiger partial charge on any atom is -0.0955 e. The maximum atomic E-state index is 3.86. The van der Waals surface area contributed by atoms with E-state index in [1.807, 2.05) is 27.7 Å². The van der Waals surface area contributed by atoms with Crippen molar-refractivity contribution in [2.24, 2.45) is 0 Å². The monoisotopic (exact) mass is 308 g/mol. The highest BCUT2D eigenvalue weighted by molar-refractivity contribution is 5.61. The van der Waals surface area contributed by atoms with Crippen LogP contribution in [0.15, 0.2) is 55.1 Å². The van der Waals surface area contributed by atoms with Gasteiger partial charge >= 0.3 is 0 Å².